The van der Waals surface area contributed by atoms with Crippen molar-refractivity contribution in [1.29, 1.82) is 0 Å². The van der Waals surface area contributed by atoms with E-state index in [-0.39, 0.29) is 11.9 Å². The molecule has 27 heavy (non-hydrogen) atoms. The molecule has 0 radical (unpaired) electrons. The molecule has 1 aromatic heterocycles. The Morgan fingerprint density at radius 1 is 1.11 bits per heavy atom. The van der Waals surface area contributed by atoms with E-state index in [0.29, 0.717) is 11.6 Å². The zero-order valence-corrected chi connectivity index (χ0v) is 16.5. The predicted molar refractivity (Wildman–Crippen MR) is 109 cm³/mol. The van der Waals surface area contributed by atoms with Crippen molar-refractivity contribution in [2.45, 2.75) is 25.9 Å². The minimum absolute atomic E-state index is 0.0280. The number of nitrogens with zero attached hydrogens (tertiary/aromatic N) is 3. The van der Waals surface area contributed by atoms with Crippen molar-refractivity contribution in [3.63, 3.8) is 0 Å². The Morgan fingerprint density at radius 2 is 1.81 bits per heavy atom. The van der Waals surface area contributed by atoms with Crippen LogP contribution in [0.15, 0.2) is 48.7 Å². The van der Waals surface area contributed by atoms with Gasteiger partial charge in [0.05, 0.1) is 18.3 Å². The lowest BCUT2D eigenvalue weighted by Crippen LogP contribution is -2.49. The molecule has 0 spiro atoms. The van der Waals surface area contributed by atoms with Gasteiger partial charge < -0.3 is 5.32 Å². The molecular formula is C21H27ClN4O. The van der Waals surface area contributed by atoms with Gasteiger partial charge in [-0.2, -0.15) is 0 Å². The van der Waals surface area contributed by atoms with Crippen molar-refractivity contribution in [3.8, 4) is 0 Å². The molecule has 1 aliphatic rings. The highest BCUT2D eigenvalue weighted by Gasteiger charge is 2.20. The van der Waals surface area contributed by atoms with Gasteiger partial charge in [0, 0.05) is 43.9 Å². The third kappa shape index (κ3) is 6.03. The SMILES string of the molecule is CCC(NC(=O)CN1CCN(Cc2ccccn2)CC1)c1ccc(Cl)cc1. The Hall–Kier alpha value is -1.95. The third-order valence-corrected chi connectivity index (χ3v) is 5.21. The predicted octanol–water partition coefficient (Wildman–Crippen LogP) is 3.12. The summed E-state index contributed by atoms with van der Waals surface area (Å²) in [5.41, 5.74) is 2.19. The summed E-state index contributed by atoms with van der Waals surface area (Å²) in [7, 11) is 0. The van der Waals surface area contributed by atoms with Gasteiger partial charge in [0.1, 0.15) is 0 Å². The average molecular weight is 387 g/mol. The van der Waals surface area contributed by atoms with Crippen molar-refractivity contribution in [1.82, 2.24) is 20.1 Å². The molecule has 1 aliphatic heterocycles. The fraction of sp³-hybridized carbons (Fsp3) is 0.429. The van der Waals surface area contributed by atoms with Crippen LogP contribution < -0.4 is 5.32 Å². The minimum atomic E-state index is 0.0280. The van der Waals surface area contributed by atoms with E-state index < -0.39 is 0 Å². The molecule has 1 unspecified atom stereocenters. The Balaban J connectivity index is 1.44. The fourth-order valence-electron chi connectivity index (χ4n) is 3.39. The molecule has 1 atom stereocenters. The molecule has 0 bridgehead atoms. The topological polar surface area (TPSA) is 48.5 Å². The Bertz CT molecular complexity index is 715. The number of halogens is 1. The monoisotopic (exact) mass is 386 g/mol. The van der Waals surface area contributed by atoms with E-state index in [4.69, 9.17) is 11.6 Å². The fourth-order valence-corrected chi connectivity index (χ4v) is 3.51. The van der Waals surface area contributed by atoms with Crippen LogP contribution in [0.4, 0.5) is 0 Å². The van der Waals surface area contributed by atoms with Crippen LogP contribution >= 0.6 is 11.6 Å². The number of hydrogen-bond donors (Lipinski definition) is 1. The maximum absolute atomic E-state index is 12.5. The van der Waals surface area contributed by atoms with Crippen LogP contribution in [0.2, 0.25) is 5.02 Å². The molecule has 0 saturated carbocycles. The van der Waals surface area contributed by atoms with Gasteiger partial charge in [-0.05, 0) is 36.2 Å². The molecule has 2 heterocycles. The van der Waals surface area contributed by atoms with Crippen LogP contribution in [0.1, 0.15) is 30.6 Å². The number of nitrogens with one attached hydrogen (secondary N) is 1. The number of amides is 1. The van der Waals surface area contributed by atoms with Crippen molar-refractivity contribution < 1.29 is 4.79 Å². The quantitative estimate of drug-likeness (QED) is 0.794. The summed E-state index contributed by atoms with van der Waals surface area (Å²) in [5, 5.41) is 3.87. The minimum Gasteiger partial charge on any atom is -0.348 e. The lowest BCUT2D eigenvalue weighted by molar-refractivity contribution is -0.123. The average Bonchev–Trinajstić information content (AvgIpc) is 2.69. The van der Waals surface area contributed by atoms with Crippen molar-refractivity contribution in [3.05, 3.63) is 64.9 Å². The van der Waals surface area contributed by atoms with Crippen LogP contribution in [0.3, 0.4) is 0 Å². The first-order valence-electron chi connectivity index (χ1n) is 9.53. The lowest BCUT2D eigenvalue weighted by Gasteiger charge is -2.34. The highest BCUT2D eigenvalue weighted by molar-refractivity contribution is 6.30. The summed E-state index contributed by atoms with van der Waals surface area (Å²) in [6, 6.07) is 13.7. The number of piperazine rings is 1. The number of hydrogen-bond acceptors (Lipinski definition) is 4. The molecule has 5 nitrogen and oxygen atoms in total. The maximum atomic E-state index is 12.5. The van der Waals surface area contributed by atoms with Gasteiger partial charge in [-0.25, -0.2) is 0 Å². The summed E-state index contributed by atoms with van der Waals surface area (Å²) in [4.78, 5) is 21.5. The Morgan fingerprint density at radius 3 is 2.44 bits per heavy atom. The van der Waals surface area contributed by atoms with Gasteiger partial charge in [-0.15, -0.1) is 0 Å². The number of benzene rings is 1. The van der Waals surface area contributed by atoms with E-state index >= 15 is 0 Å². The van der Waals surface area contributed by atoms with Crippen molar-refractivity contribution in [2.75, 3.05) is 32.7 Å². The maximum Gasteiger partial charge on any atom is 0.234 e. The van der Waals surface area contributed by atoms with E-state index in [1.807, 2.05) is 42.6 Å². The Labute approximate surface area is 166 Å². The Kier molecular flexibility index (Phi) is 7.21. The zero-order chi connectivity index (χ0) is 19.1. The standard InChI is InChI=1S/C21H27ClN4O/c1-2-20(17-6-8-18(22)9-7-17)24-21(27)16-26-13-11-25(12-14-26)15-19-5-3-4-10-23-19/h3-10,20H,2,11-16H2,1H3,(H,24,27). The normalized spacial score (nSPS) is 16.8. The smallest absolute Gasteiger partial charge is 0.234 e. The number of rotatable bonds is 7. The second-order valence-electron chi connectivity index (χ2n) is 6.95. The van der Waals surface area contributed by atoms with Gasteiger partial charge in [-0.1, -0.05) is 36.7 Å². The van der Waals surface area contributed by atoms with Gasteiger partial charge in [0.25, 0.3) is 0 Å². The van der Waals surface area contributed by atoms with E-state index in [2.05, 4.69) is 33.1 Å². The van der Waals surface area contributed by atoms with E-state index in [1.54, 1.807) is 0 Å². The van der Waals surface area contributed by atoms with Crippen LogP contribution in [-0.2, 0) is 11.3 Å². The lowest BCUT2D eigenvalue weighted by atomic mass is 10.0. The number of carbonyl (C=O) groups is 1. The summed E-state index contributed by atoms with van der Waals surface area (Å²) < 4.78 is 0. The molecule has 1 fully saturated rings. The largest absolute Gasteiger partial charge is 0.348 e. The molecule has 1 aromatic carbocycles. The third-order valence-electron chi connectivity index (χ3n) is 4.96. The molecule has 6 heteroatoms. The zero-order valence-electron chi connectivity index (χ0n) is 15.8. The van der Waals surface area contributed by atoms with Crippen LogP contribution in [0.5, 0.6) is 0 Å². The summed E-state index contributed by atoms with van der Waals surface area (Å²) in [5.74, 6) is 0.0787. The number of pyridine rings is 1. The highest BCUT2D eigenvalue weighted by Crippen LogP contribution is 2.19. The number of aromatic nitrogens is 1. The molecular weight excluding hydrogens is 360 g/mol. The van der Waals surface area contributed by atoms with E-state index in [9.17, 15) is 4.79 Å². The second-order valence-corrected chi connectivity index (χ2v) is 7.39. The molecule has 3 rings (SSSR count). The van der Waals surface area contributed by atoms with Gasteiger partial charge in [-0.3, -0.25) is 19.6 Å². The molecule has 1 N–H and O–H groups in total. The van der Waals surface area contributed by atoms with Crippen LogP contribution in [-0.4, -0.2) is 53.4 Å². The van der Waals surface area contributed by atoms with Crippen LogP contribution in [0.25, 0.3) is 0 Å². The van der Waals surface area contributed by atoms with Crippen molar-refractivity contribution in [2.24, 2.45) is 0 Å². The molecule has 1 amide bonds. The first-order chi connectivity index (χ1) is 13.1. The first kappa shape index (κ1) is 19.8. The van der Waals surface area contributed by atoms with Gasteiger partial charge in [0.2, 0.25) is 5.91 Å². The molecule has 144 valence electrons. The highest BCUT2D eigenvalue weighted by atomic mass is 35.5. The first-order valence-corrected chi connectivity index (χ1v) is 9.91. The number of carbonyl (C=O) groups excluding carboxylic acids is 1. The van der Waals surface area contributed by atoms with Crippen LogP contribution in [0, 0.1) is 0 Å². The van der Waals surface area contributed by atoms with Gasteiger partial charge >= 0.3 is 0 Å². The van der Waals surface area contributed by atoms with Crippen molar-refractivity contribution >= 4 is 17.5 Å². The summed E-state index contributed by atoms with van der Waals surface area (Å²) >= 11 is 5.96. The summed E-state index contributed by atoms with van der Waals surface area (Å²) in [6.45, 7) is 7.11. The van der Waals surface area contributed by atoms with E-state index in [1.165, 1.54) is 0 Å². The molecule has 1 saturated heterocycles. The summed E-state index contributed by atoms with van der Waals surface area (Å²) in [6.07, 6.45) is 2.69. The van der Waals surface area contributed by atoms with Gasteiger partial charge in [0.15, 0.2) is 0 Å². The van der Waals surface area contributed by atoms with E-state index in [0.717, 1.165) is 50.4 Å². The molecule has 2 aromatic rings. The second kappa shape index (κ2) is 9.83. The molecule has 0 aliphatic carbocycles.